The van der Waals surface area contributed by atoms with Crippen LogP contribution < -0.4 is 5.32 Å². The van der Waals surface area contributed by atoms with Crippen molar-refractivity contribution in [2.75, 3.05) is 12.4 Å². The number of hydrogen-bond acceptors (Lipinski definition) is 4. The standard InChI is InChI=1S/C19H20N2O2S/c1-14(18-10-5-11-23-18)21(2)19(22)16-8-3-4-9-17(16)20-13-15-7-6-12-24-15/h3-12,14,20H,13H2,1-2H3/t14-/m0/s1. The van der Waals surface area contributed by atoms with Crippen LogP contribution in [0.3, 0.4) is 0 Å². The summed E-state index contributed by atoms with van der Waals surface area (Å²) in [6.07, 6.45) is 1.63. The van der Waals surface area contributed by atoms with E-state index in [0.717, 1.165) is 11.4 Å². The fourth-order valence-corrected chi connectivity index (χ4v) is 3.15. The van der Waals surface area contributed by atoms with E-state index in [1.165, 1.54) is 4.88 Å². The molecule has 0 saturated heterocycles. The van der Waals surface area contributed by atoms with Gasteiger partial charge in [-0.25, -0.2) is 0 Å². The van der Waals surface area contributed by atoms with Crippen LogP contribution in [0, 0.1) is 0 Å². The van der Waals surface area contributed by atoms with E-state index in [-0.39, 0.29) is 11.9 Å². The van der Waals surface area contributed by atoms with E-state index in [1.54, 1.807) is 29.5 Å². The van der Waals surface area contributed by atoms with Gasteiger partial charge < -0.3 is 14.6 Å². The predicted octanol–water partition coefficient (Wildman–Crippen LogP) is 4.79. The number of carbonyl (C=O) groups excluding carboxylic acids is 1. The number of amides is 1. The third kappa shape index (κ3) is 3.51. The smallest absolute Gasteiger partial charge is 0.256 e. The Labute approximate surface area is 145 Å². The summed E-state index contributed by atoms with van der Waals surface area (Å²) in [6, 6.07) is 15.3. The van der Waals surface area contributed by atoms with Gasteiger partial charge in [-0.2, -0.15) is 0 Å². The number of carbonyl (C=O) groups is 1. The fraction of sp³-hybridized carbons (Fsp3) is 0.211. The molecule has 0 radical (unpaired) electrons. The Morgan fingerprint density at radius 2 is 2.04 bits per heavy atom. The third-order valence-corrected chi connectivity index (χ3v) is 4.92. The Hall–Kier alpha value is -2.53. The van der Waals surface area contributed by atoms with Crippen molar-refractivity contribution >= 4 is 22.9 Å². The summed E-state index contributed by atoms with van der Waals surface area (Å²) in [5.41, 5.74) is 1.50. The highest BCUT2D eigenvalue weighted by atomic mass is 32.1. The van der Waals surface area contributed by atoms with Gasteiger partial charge in [-0.15, -0.1) is 11.3 Å². The van der Waals surface area contributed by atoms with Crippen LogP contribution in [0.15, 0.2) is 64.6 Å². The van der Waals surface area contributed by atoms with Gasteiger partial charge in [0.15, 0.2) is 0 Å². The Bertz CT molecular complexity index is 782. The zero-order valence-corrected chi connectivity index (χ0v) is 14.5. The average Bonchev–Trinajstić information content (AvgIpc) is 3.31. The maximum atomic E-state index is 12.9. The fourth-order valence-electron chi connectivity index (χ4n) is 2.50. The molecule has 0 spiro atoms. The molecular formula is C19H20N2O2S. The first-order valence-corrected chi connectivity index (χ1v) is 8.70. The second-order valence-electron chi connectivity index (χ2n) is 5.59. The zero-order chi connectivity index (χ0) is 16.9. The Balaban J connectivity index is 1.76. The summed E-state index contributed by atoms with van der Waals surface area (Å²) in [4.78, 5) is 15.8. The number of rotatable bonds is 6. The van der Waals surface area contributed by atoms with E-state index in [0.29, 0.717) is 12.1 Å². The molecule has 24 heavy (non-hydrogen) atoms. The summed E-state index contributed by atoms with van der Waals surface area (Å²) < 4.78 is 5.42. The largest absolute Gasteiger partial charge is 0.467 e. The molecule has 2 heterocycles. The van der Waals surface area contributed by atoms with E-state index in [1.807, 2.05) is 54.8 Å². The minimum atomic E-state index is -0.127. The third-order valence-electron chi connectivity index (χ3n) is 4.05. The second kappa shape index (κ2) is 7.36. The molecule has 5 heteroatoms. The van der Waals surface area contributed by atoms with Crippen LogP contribution in [-0.4, -0.2) is 17.9 Å². The molecule has 1 amide bonds. The highest BCUT2D eigenvalue weighted by Gasteiger charge is 2.22. The molecule has 0 fully saturated rings. The van der Waals surface area contributed by atoms with E-state index < -0.39 is 0 Å². The lowest BCUT2D eigenvalue weighted by atomic mass is 10.1. The molecule has 124 valence electrons. The number of para-hydroxylation sites is 1. The monoisotopic (exact) mass is 340 g/mol. The molecule has 0 unspecified atom stereocenters. The first-order valence-electron chi connectivity index (χ1n) is 7.82. The molecule has 0 aliphatic carbocycles. The van der Waals surface area contributed by atoms with E-state index >= 15 is 0 Å². The van der Waals surface area contributed by atoms with Gasteiger partial charge in [-0.3, -0.25) is 4.79 Å². The Morgan fingerprint density at radius 1 is 1.21 bits per heavy atom. The van der Waals surface area contributed by atoms with Crippen LogP contribution in [-0.2, 0) is 6.54 Å². The van der Waals surface area contributed by atoms with Gasteiger partial charge in [0.1, 0.15) is 5.76 Å². The van der Waals surface area contributed by atoms with Crippen molar-refractivity contribution in [1.29, 1.82) is 0 Å². The lowest BCUT2D eigenvalue weighted by Crippen LogP contribution is -2.30. The van der Waals surface area contributed by atoms with Gasteiger partial charge in [0.2, 0.25) is 0 Å². The summed E-state index contributed by atoms with van der Waals surface area (Å²) in [5.74, 6) is 0.739. The van der Waals surface area contributed by atoms with Gasteiger partial charge in [0, 0.05) is 24.2 Å². The number of benzene rings is 1. The number of furan rings is 1. The highest BCUT2D eigenvalue weighted by Crippen LogP contribution is 2.24. The Kier molecular flexibility index (Phi) is 5.01. The van der Waals surface area contributed by atoms with Crippen molar-refractivity contribution in [2.24, 2.45) is 0 Å². The first kappa shape index (κ1) is 16.3. The van der Waals surface area contributed by atoms with Crippen molar-refractivity contribution in [3.05, 3.63) is 76.4 Å². The highest BCUT2D eigenvalue weighted by molar-refractivity contribution is 7.09. The number of nitrogens with one attached hydrogen (secondary N) is 1. The van der Waals surface area contributed by atoms with Gasteiger partial charge in [0.25, 0.3) is 5.91 Å². The molecule has 2 aromatic heterocycles. The van der Waals surface area contributed by atoms with Crippen molar-refractivity contribution in [2.45, 2.75) is 19.5 Å². The molecule has 3 aromatic rings. The maximum absolute atomic E-state index is 12.9. The molecule has 0 aliphatic heterocycles. The molecule has 1 aromatic carbocycles. The Morgan fingerprint density at radius 3 is 2.75 bits per heavy atom. The number of thiophene rings is 1. The van der Waals surface area contributed by atoms with E-state index in [4.69, 9.17) is 4.42 Å². The SMILES string of the molecule is C[C@@H](c1ccco1)N(C)C(=O)c1ccccc1NCc1cccs1. The van der Waals surface area contributed by atoms with Crippen LogP contribution in [0.5, 0.6) is 0 Å². The lowest BCUT2D eigenvalue weighted by molar-refractivity contribution is 0.0727. The van der Waals surface area contributed by atoms with Crippen LogP contribution in [0.4, 0.5) is 5.69 Å². The van der Waals surface area contributed by atoms with E-state index in [9.17, 15) is 4.79 Å². The van der Waals surface area contributed by atoms with Gasteiger partial charge in [-0.1, -0.05) is 18.2 Å². The lowest BCUT2D eigenvalue weighted by Gasteiger charge is -2.24. The minimum Gasteiger partial charge on any atom is -0.467 e. The van der Waals surface area contributed by atoms with Crippen LogP contribution >= 0.6 is 11.3 Å². The van der Waals surface area contributed by atoms with Crippen molar-refractivity contribution in [1.82, 2.24) is 4.90 Å². The summed E-state index contributed by atoms with van der Waals surface area (Å²) in [5, 5.41) is 5.41. The molecule has 3 rings (SSSR count). The number of nitrogens with zero attached hydrogens (tertiary/aromatic N) is 1. The summed E-state index contributed by atoms with van der Waals surface area (Å²) in [7, 11) is 1.80. The minimum absolute atomic E-state index is 0.0341. The molecule has 1 atom stereocenters. The molecule has 4 nitrogen and oxygen atoms in total. The maximum Gasteiger partial charge on any atom is 0.256 e. The van der Waals surface area contributed by atoms with Crippen LogP contribution in [0.2, 0.25) is 0 Å². The predicted molar refractivity (Wildman–Crippen MR) is 97.3 cm³/mol. The molecule has 0 saturated carbocycles. The number of anilines is 1. The summed E-state index contributed by atoms with van der Waals surface area (Å²) in [6.45, 7) is 2.66. The quantitative estimate of drug-likeness (QED) is 0.702. The molecular weight excluding hydrogens is 320 g/mol. The van der Waals surface area contributed by atoms with Gasteiger partial charge in [0.05, 0.1) is 17.9 Å². The van der Waals surface area contributed by atoms with Crippen LogP contribution in [0.25, 0.3) is 0 Å². The average molecular weight is 340 g/mol. The molecule has 0 bridgehead atoms. The number of hydrogen-bond donors (Lipinski definition) is 1. The zero-order valence-electron chi connectivity index (χ0n) is 13.7. The van der Waals surface area contributed by atoms with Crippen molar-refractivity contribution in [3.63, 3.8) is 0 Å². The van der Waals surface area contributed by atoms with Gasteiger partial charge >= 0.3 is 0 Å². The van der Waals surface area contributed by atoms with Crippen molar-refractivity contribution < 1.29 is 9.21 Å². The topological polar surface area (TPSA) is 45.5 Å². The van der Waals surface area contributed by atoms with E-state index in [2.05, 4.69) is 11.4 Å². The second-order valence-corrected chi connectivity index (χ2v) is 6.62. The molecule has 1 N–H and O–H groups in total. The summed E-state index contributed by atoms with van der Waals surface area (Å²) >= 11 is 1.70. The molecule has 0 aliphatic rings. The van der Waals surface area contributed by atoms with Crippen LogP contribution in [0.1, 0.15) is 34.0 Å². The first-order chi connectivity index (χ1) is 11.7. The normalized spacial score (nSPS) is 11.9. The van der Waals surface area contributed by atoms with Crippen molar-refractivity contribution in [3.8, 4) is 0 Å². The van der Waals surface area contributed by atoms with Gasteiger partial charge in [-0.05, 0) is 42.6 Å².